The van der Waals surface area contributed by atoms with Crippen molar-refractivity contribution in [3.05, 3.63) is 65.6 Å². The molecule has 4 rings (SSSR count). The van der Waals surface area contributed by atoms with E-state index in [0.717, 1.165) is 5.56 Å². The first-order chi connectivity index (χ1) is 14.9. The number of nitrogens with one attached hydrogen (secondary N) is 2. The summed E-state index contributed by atoms with van der Waals surface area (Å²) in [6, 6.07) is 3.92. The summed E-state index contributed by atoms with van der Waals surface area (Å²) in [6.45, 7) is -0.304. The molecule has 0 bridgehead atoms. The lowest BCUT2D eigenvalue weighted by atomic mass is 10.0. The molecule has 0 saturated carbocycles. The van der Waals surface area contributed by atoms with Crippen LogP contribution in [-0.4, -0.2) is 41.2 Å². The molecule has 1 aromatic carbocycles. The summed E-state index contributed by atoms with van der Waals surface area (Å²) in [5.74, 6) is 0.172. The van der Waals surface area contributed by atoms with Crippen molar-refractivity contribution >= 4 is 29.1 Å². The zero-order valence-corrected chi connectivity index (χ0v) is 17.5. The van der Waals surface area contributed by atoms with E-state index < -0.39 is 11.9 Å². The molecule has 3 N–H and O–H groups in total. The predicted molar refractivity (Wildman–Crippen MR) is 116 cm³/mol. The van der Waals surface area contributed by atoms with Crippen LogP contribution in [0.3, 0.4) is 0 Å². The van der Waals surface area contributed by atoms with Gasteiger partial charge < -0.3 is 15.7 Å². The van der Waals surface area contributed by atoms with Crippen LogP contribution in [0.25, 0.3) is 11.1 Å². The highest BCUT2D eigenvalue weighted by molar-refractivity contribution is 6.32. The van der Waals surface area contributed by atoms with Crippen LogP contribution in [0, 0.1) is 5.82 Å². The molecule has 0 aliphatic heterocycles. The minimum atomic E-state index is -0.648. The molecule has 1 atom stereocenters. The van der Waals surface area contributed by atoms with E-state index in [1.807, 2.05) is 0 Å². The van der Waals surface area contributed by atoms with Gasteiger partial charge in [-0.15, -0.1) is 0 Å². The zero-order valence-electron chi connectivity index (χ0n) is 16.8. The number of halogens is 2. The van der Waals surface area contributed by atoms with Gasteiger partial charge in [0.15, 0.2) is 5.82 Å². The van der Waals surface area contributed by atoms with Gasteiger partial charge in [-0.2, -0.15) is 15.2 Å². The highest BCUT2D eigenvalue weighted by Crippen LogP contribution is 2.29. The first-order valence-corrected chi connectivity index (χ1v) is 9.74. The molecule has 9 nitrogen and oxygen atoms in total. The third kappa shape index (κ3) is 4.81. The fourth-order valence-corrected chi connectivity index (χ4v) is 3.24. The van der Waals surface area contributed by atoms with E-state index in [-0.39, 0.29) is 11.6 Å². The molecule has 11 heteroatoms. The van der Waals surface area contributed by atoms with Crippen LogP contribution in [0.15, 0.2) is 49.2 Å². The van der Waals surface area contributed by atoms with Crippen molar-refractivity contribution < 1.29 is 9.50 Å². The second kappa shape index (κ2) is 8.70. The Balaban J connectivity index is 1.60. The summed E-state index contributed by atoms with van der Waals surface area (Å²) in [7, 11) is 3.58. The number of rotatable bonds is 7. The number of nitrogens with zero attached hydrogens (tertiary/aromatic N) is 6. The monoisotopic (exact) mass is 442 g/mol. The number of hydrogen-bond acceptors (Lipinski definition) is 7. The van der Waals surface area contributed by atoms with Crippen LogP contribution >= 0.6 is 11.6 Å². The first kappa shape index (κ1) is 20.8. The van der Waals surface area contributed by atoms with Gasteiger partial charge in [-0.1, -0.05) is 11.6 Å². The molecule has 0 spiro atoms. The first-order valence-electron chi connectivity index (χ1n) is 9.36. The van der Waals surface area contributed by atoms with Crippen molar-refractivity contribution in [3.63, 3.8) is 0 Å². The summed E-state index contributed by atoms with van der Waals surface area (Å²) in [4.78, 5) is 8.53. The van der Waals surface area contributed by atoms with Crippen LogP contribution in [0.5, 0.6) is 0 Å². The van der Waals surface area contributed by atoms with E-state index in [4.69, 9.17) is 11.6 Å². The Morgan fingerprint density at radius 2 is 1.84 bits per heavy atom. The maximum Gasteiger partial charge on any atom is 0.229 e. The second-order valence-corrected chi connectivity index (χ2v) is 7.38. The van der Waals surface area contributed by atoms with Crippen molar-refractivity contribution in [1.82, 2.24) is 29.5 Å². The molecule has 0 saturated heterocycles. The summed E-state index contributed by atoms with van der Waals surface area (Å²) in [6.07, 6.45) is 8.29. The second-order valence-electron chi connectivity index (χ2n) is 6.97. The number of benzene rings is 1. The summed E-state index contributed by atoms with van der Waals surface area (Å²) in [5.41, 5.74) is 2.66. The maximum absolute atomic E-state index is 14.3. The third-order valence-electron chi connectivity index (χ3n) is 4.56. The topological polar surface area (TPSA) is 106 Å². The van der Waals surface area contributed by atoms with Gasteiger partial charge in [0.25, 0.3) is 0 Å². The van der Waals surface area contributed by atoms with E-state index in [2.05, 4.69) is 30.8 Å². The SMILES string of the molecule is Cn1cc(Nc2ncc(Cl)c(NC(CO)c3cc(F)cc(-c4cnn(C)c4)c3)n2)cn1. The number of hydrogen-bond donors (Lipinski definition) is 3. The smallest absolute Gasteiger partial charge is 0.229 e. The fraction of sp³-hybridized carbons (Fsp3) is 0.200. The van der Waals surface area contributed by atoms with Crippen molar-refractivity contribution in [1.29, 1.82) is 0 Å². The van der Waals surface area contributed by atoms with Crippen LogP contribution in [0.4, 0.5) is 21.8 Å². The standard InChI is InChI=1S/C20H20ClFN8O/c1-29-9-14(6-24-29)12-3-13(5-15(22)4-12)18(11-31)27-19-17(21)8-23-20(28-19)26-16-7-25-30(2)10-16/h3-10,18,31H,11H2,1-2H3,(H2,23,26,27,28). The van der Waals surface area contributed by atoms with E-state index in [1.54, 1.807) is 54.3 Å². The lowest BCUT2D eigenvalue weighted by molar-refractivity contribution is 0.276. The lowest BCUT2D eigenvalue weighted by Crippen LogP contribution is -2.17. The van der Waals surface area contributed by atoms with E-state index in [1.165, 1.54) is 18.3 Å². The van der Waals surface area contributed by atoms with Crippen LogP contribution in [0.1, 0.15) is 11.6 Å². The molecule has 1 unspecified atom stereocenters. The number of aliphatic hydroxyl groups excluding tert-OH is 1. The highest BCUT2D eigenvalue weighted by Gasteiger charge is 2.17. The highest BCUT2D eigenvalue weighted by atomic mass is 35.5. The van der Waals surface area contributed by atoms with E-state index >= 15 is 0 Å². The molecule has 0 aliphatic rings. The molecule has 4 aromatic rings. The average molecular weight is 443 g/mol. The van der Waals surface area contributed by atoms with Gasteiger partial charge in [-0.25, -0.2) is 9.37 Å². The van der Waals surface area contributed by atoms with Gasteiger partial charge in [0.1, 0.15) is 10.8 Å². The molecule has 0 fully saturated rings. The van der Waals surface area contributed by atoms with Crippen LogP contribution in [0.2, 0.25) is 5.02 Å². The van der Waals surface area contributed by atoms with Crippen LogP contribution in [-0.2, 0) is 14.1 Å². The molecule has 160 valence electrons. The number of aromatic nitrogens is 6. The molecular weight excluding hydrogens is 423 g/mol. The van der Waals surface area contributed by atoms with Crippen molar-refractivity contribution in [3.8, 4) is 11.1 Å². The molecule has 0 amide bonds. The van der Waals surface area contributed by atoms with Crippen molar-refractivity contribution in [2.45, 2.75) is 6.04 Å². The molecule has 31 heavy (non-hydrogen) atoms. The number of aliphatic hydroxyl groups is 1. The van der Waals surface area contributed by atoms with E-state index in [9.17, 15) is 9.50 Å². The van der Waals surface area contributed by atoms with Crippen LogP contribution < -0.4 is 10.6 Å². The fourth-order valence-electron chi connectivity index (χ4n) is 3.09. The summed E-state index contributed by atoms with van der Waals surface area (Å²) < 4.78 is 17.6. The Labute approximate surface area is 182 Å². The normalized spacial score (nSPS) is 12.0. The Hall–Kier alpha value is -3.50. The Bertz CT molecular complexity index is 1210. The van der Waals surface area contributed by atoms with Crippen molar-refractivity contribution in [2.24, 2.45) is 14.1 Å². The zero-order chi connectivity index (χ0) is 22.0. The molecular formula is C20H20ClFN8O. The van der Waals surface area contributed by atoms with Gasteiger partial charge in [0.2, 0.25) is 5.95 Å². The largest absolute Gasteiger partial charge is 0.394 e. The lowest BCUT2D eigenvalue weighted by Gasteiger charge is -2.19. The Morgan fingerprint density at radius 1 is 1.06 bits per heavy atom. The van der Waals surface area contributed by atoms with Gasteiger partial charge in [-0.05, 0) is 29.3 Å². The van der Waals surface area contributed by atoms with Crippen molar-refractivity contribution in [2.75, 3.05) is 17.2 Å². The average Bonchev–Trinajstić information content (AvgIpc) is 3.35. The minimum Gasteiger partial charge on any atom is -0.394 e. The van der Waals surface area contributed by atoms with E-state index in [0.29, 0.717) is 28.6 Å². The summed E-state index contributed by atoms with van der Waals surface area (Å²) in [5, 5.41) is 24.6. The quantitative estimate of drug-likeness (QED) is 0.403. The third-order valence-corrected chi connectivity index (χ3v) is 4.84. The van der Waals surface area contributed by atoms with Gasteiger partial charge in [-0.3, -0.25) is 9.36 Å². The van der Waals surface area contributed by atoms with Gasteiger partial charge in [0.05, 0.1) is 36.9 Å². The Morgan fingerprint density at radius 3 is 2.52 bits per heavy atom. The van der Waals surface area contributed by atoms with Gasteiger partial charge >= 0.3 is 0 Å². The summed E-state index contributed by atoms with van der Waals surface area (Å²) >= 11 is 6.25. The minimum absolute atomic E-state index is 0.263. The predicted octanol–water partition coefficient (Wildman–Crippen LogP) is 3.29. The number of anilines is 3. The molecule has 3 heterocycles. The maximum atomic E-state index is 14.3. The number of aryl methyl sites for hydroxylation is 2. The Kier molecular flexibility index (Phi) is 5.83. The van der Waals surface area contributed by atoms with Gasteiger partial charge in [0, 0.05) is 32.1 Å². The molecule has 0 radical (unpaired) electrons. The molecule has 3 aromatic heterocycles. The molecule has 0 aliphatic carbocycles.